The normalized spacial score (nSPS) is 12.0. The molecular weight excluding hydrogens is 208 g/mol. The van der Waals surface area contributed by atoms with Crippen LogP contribution in [0.5, 0.6) is 0 Å². The molecular formula is C11H20N2O3. The zero-order chi connectivity index (χ0) is 12.7. The van der Waals surface area contributed by atoms with Crippen LogP contribution in [0.1, 0.15) is 20.8 Å². The summed E-state index contributed by atoms with van der Waals surface area (Å²) in [5, 5.41) is 11.4. The number of hydrogen-bond acceptors (Lipinski definition) is 2. The van der Waals surface area contributed by atoms with Crippen LogP contribution in [0.15, 0.2) is 12.7 Å². The van der Waals surface area contributed by atoms with Gasteiger partial charge < -0.3 is 15.3 Å². The molecule has 0 aliphatic heterocycles. The van der Waals surface area contributed by atoms with E-state index in [1.165, 1.54) is 11.0 Å². The first-order valence-electron chi connectivity index (χ1n) is 5.26. The van der Waals surface area contributed by atoms with Gasteiger partial charge in [0.15, 0.2) is 0 Å². The zero-order valence-corrected chi connectivity index (χ0v) is 10.1. The van der Waals surface area contributed by atoms with Gasteiger partial charge in [0, 0.05) is 12.6 Å². The molecule has 0 saturated carbocycles. The lowest BCUT2D eigenvalue weighted by Gasteiger charge is -2.24. The molecule has 2 amide bonds. The fourth-order valence-corrected chi connectivity index (χ4v) is 0.991. The summed E-state index contributed by atoms with van der Waals surface area (Å²) >= 11 is 0. The van der Waals surface area contributed by atoms with E-state index in [0.717, 1.165) is 0 Å². The monoisotopic (exact) mass is 228 g/mol. The second-order valence-corrected chi connectivity index (χ2v) is 4.05. The van der Waals surface area contributed by atoms with Crippen LogP contribution in [0.4, 0.5) is 4.79 Å². The van der Waals surface area contributed by atoms with E-state index in [1.807, 2.05) is 20.8 Å². The Morgan fingerprint density at radius 2 is 2.00 bits per heavy atom. The summed E-state index contributed by atoms with van der Waals surface area (Å²) in [4.78, 5) is 23.4. The van der Waals surface area contributed by atoms with E-state index in [-0.39, 0.29) is 25.2 Å². The Kier molecular flexibility index (Phi) is 6.22. The lowest BCUT2D eigenvalue weighted by molar-refractivity contribution is -0.137. The van der Waals surface area contributed by atoms with Gasteiger partial charge in [0.2, 0.25) is 0 Å². The molecule has 92 valence electrons. The largest absolute Gasteiger partial charge is 0.480 e. The molecule has 0 aliphatic rings. The number of carboxylic acids is 1. The Hall–Kier alpha value is -1.52. The van der Waals surface area contributed by atoms with Gasteiger partial charge in [0.1, 0.15) is 6.54 Å². The van der Waals surface area contributed by atoms with Crippen LogP contribution in [0, 0.1) is 5.92 Å². The predicted octanol–water partition coefficient (Wildman–Crippen LogP) is 1.31. The van der Waals surface area contributed by atoms with Crippen molar-refractivity contribution >= 4 is 12.0 Å². The van der Waals surface area contributed by atoms with Crippen LogP contribution < -0.4 is 5.32 Å². The third kappa shape index (κ3) is 5.38. The number of carbonyl (C=O) groups is 2. The highest BCUT2D eigenvalue weighted by Gasteiger charge is 2.18. The molecule has 0 aliphatic carbocycles. The van der Waals surface area contributed by atoms with Gasteiger partial charge in [-0.2, -0.15) is 0 Å². The van der Waals surface area contributed by atoms with Crippen LogP contribution in [-0.4, -0.2) is 41.1 Å². The number of carbonyl (C=O) groups excluding carboxylic acids is 1. The van der Waals surface area contributed by atoms with E-state index < -0.39 is 5.97 Å². The summed E-state index contributed by atoms with van der Waals surface area (Å²) in [6, 6.07) is -0.364. The lowest BCUT2D eigenvalue weighted by atomic mass is 10.1. The number of nitrogens with zero attached hydrogens (tertiary/aromatic N) is 1. The summed E-state index contributed by atoms with van der Waals surface area (Å²) < 4.78 is 0. The first-order valence-corrected chi connectivity index (χ1v) is 5.26. The maximum absolute atomic E-state index is 11.7. The Labute approximate surface area is 96.1 Å². The molecule has 0 spiro atoms. The Bertz CT molecular complexity index is 264. The van der Waals surface area contributed by atoms with E-state index >= 15 is 0 Å². The highest BCUT2D eigenvalue weighted by Crippen LogP contribution is 2.01. The number of aliphatic carboxylic acids is 1. The molecule has 0 radical (unpaired) electrons. The number of rotatable bonds is 6. The smallest absolute Gasteiger partial charge is 0.323 e. The second kappa shape index (κ2) is 6.87. The summed E-state index contributed by atoms with van der Waals surface area (Å²) in [6.07, 6.45) is 1.50. The third-order valence-electron chi connectivity index (χ3n) is 2.31. The minimum absolute atomic E-state index is 0.00797. The van der Waals surface area contributed by atoms with Crippen LogP contribution in [-0.2, 0) is 4.79 Å². The van der Waals surface area contributed by atoms with Crippen molar-refractivity contribution in [3.05, 3.63) is 12.7 Å². The molecule has 1 unspecified atom stereocenters. The molecule has 0 rings (SSSR count). The molecule has 0 aromatic carbocycles. The number of nitrogens with one attached hydrogen (secondary N) is 1. The summed E-state index contributed by atoms with van der Waals surface area (Å²) in [5.41, 5.74) is 0. The van der Waals surface area contributed by atoms with Crippen LogP contribution >= 0.6 is 0 Å². The Balaban J connectivity index is 4.37. The van der Waals surface area contributed by atoms with Crippen molar-refractivity contribution in [2.45, 2.75) is 26.8 Å². The summed E-state index contributed by atoms with van der Waals surface area (Å²) in [7, 11) is 0. The van der Waals surface area contributed by atoms with Crippen LogP contribution in [0.25, 0.3) is 0 Å². The van der Waals surface area contributed by atoms with Gasteiger partial charge >= 0.3 is 12.0 Å². The van der Waals surface area contributed by atoms with Crippen LogP contribution in [0.3, 0.4) is 0 Å². The quantitative estimate of drug-likeness (QED) is 0.673. The average molecular weight is 228 g/mol. The van der Waals surface area contributed by atoms with E-state index in [4.69, 9.17) is 5.11 Å². The van der Waals surface area contributed by atoms with Gasteiger partial charge in [-0.25, -0.2) is 4.79 Å². The number of urea groups is 1. The minimum atomic E-state index is -1.03. The van der Waals surface area contributed by atoms with Gasteiger partial charge in [0.25, 0.3) is 0 Å². The SMILES string of the molecule is C=CCN(CC(=O)O)C(=O)NC(C)C(C)C. The molecule has 0 aromatic heterocycles. The van der Waals surface area contributed by atoms with Gasteiger partial charge in [-0.05, 0) is 12.8 Å². The molecule has 0 heterocycles. The molecule has 0 bridgehead atoms. The molecule has 5 heteroatoms. The van der Waals surface area contributed by atoms with Crippen molar-refractivity contribution in [1.29, 1.82) is 0 Å². The maximum atomic E-state index is 11.7. The molecule has 0 fully saturated rings. The molecule has 1 atom stereocenters. The first-order chi connectivity index (χ1) is 7.38. The van der Waals surface area contributed by atoms with E-state index in [1.54, 1.807) is 0 Å². The lowest BCUT2D eigenvalue weighted by Crippen LogP contribution is -2.47. The van der Waals surface area contributed by atoms with Crippen LogP contribution in [0.2, 0.25) is 0 Å². The summed E-state index contributed by atoms with van der Waals surface area (Å²) in [6.45, 7) is 9.25. The highest BCUT2D eigenvalue weighted by molar-refractivity contribution is 5.80. The Morgan fingerprint density at radius 3 is 2.38 bits per heavy atom. The van der Waals surface area contributed by atoms with E-state index in [2.05, 4.69) is 11.9 Å². The molecule has 5 nitrogen and oxygen atoms in total. The van der Waals surface area contributed by atoms with Crippen molar-refractivity contribution in [2.75, 3.05) is 13.1 Å². The topological polar surface area (TPSA) is 69.6 Å². The average Bonchev–Trinajstić information content (AvgIpc) is 2.16. The second-order valence-electron chi connectivity index (χ2n) is 4.05. The van der Waals surface area contributed by atoms with Gasteiger partial charge in [0.05, 0.1) is 0 Å². The van der Waals surface area contributed by atoms with Gasteiger partial charge in [-0.15, -0.1) is 6.58 Å². The van der Waals surface area contributed by atoms with Crippen molar-refractivity contribution in [1.82, 2.24) is 10.2 Å². The molecule has 0 aromatic rings. The third-order valence-corrected chi connectivity index (χ3v) is 2.31. The number of carboxylic acid groups (broad SMARTS) is 1. The number of hydrogen-bond donors (Lipinski definition) is 2. The fourth-order valence-electron chi connectivity index (χ4n) is 0.991. The maximum Gasteiger partial charge on any atom is 0.323 e. The van der Waals surface area contributed by atoms with E-state index in [9.17, 15) is 9.59 Å². The Morgan fingerprint density at radius 1 is 1.44 bits per heavy atom. The molecule has 16 heavy (non-hydrogen) atoms. The van der Waals surface area contributed by atoms with Crippen molar-refractivity contribution in [3.8, 4) is 0 Å². The molecule has 2 N–H and O–H groups in total. The zero-order valence-electron chi connectivity index (χ0n) is 10.1. The first kappa shape index (κ1) is 14.5. The summed E-state index contributed by atoms with van der Waals surface area (Å²) in [5.74, 6) is -0.728. The standard InChI is InChI=1S/C11H20N2O3/c1-5-6-13(7-10(14)15)11(16)12-9(4)8(2)3/h5,8-9H,1,6-7H2,2-4H3,(H,12,16)(H,14,15). The highest BCUT2D eigenvalue weighted by atomic mass is 16.4. The molecule has 0 saturated heterocycles. The van der Waals surface area contributed by atoms with Crippen molar-refractivity contribution in [2.24, 2.45) is 5.92 Å². The van der Waals surface area contributed by atoms with E-state index in [0.29, 0.717) is 5.92 Å². The predicted molar refractivity (Wildman–Crippen MR) is 62.2 cm³/mol. The van der Waals surface area contributed by atoms with Gasteiger partial charge in [-0.1, -0.05) is 19.9 Å². The van der Waals surface area contributed by atoms with Crippen molar-refractivity contribution in [3.63, 3.8) is 0 Å². The fraction of sp³-hybridized carbons (Fsp3) is 0.636. The van der Waals surface area contributed by atoms with Gasteiger partial charge in [-0.3, -0.25) is 4.79 Å². The van der Waals surface area contributed by atoms with Crippen molar-refractivity contribution < 1.29 is 14.7 Å². The minimum Gasteiger partial charge on any atom is -0.480 e. The number of amides is 2.